The van der Waals surface area contributed by atoms with Gasteiger partial charge in [-0.05, 0) is 43.2 Å². The minimum absolute atomic E-state index is 0.0461. The molecule has 0 aromatic heterocycles. The minimum Gasteiger partial charge on any atom is -0.487 e. The molecule has 2 amide bonds. The van der Waals surface area contributed by atoms with E-state index >= 15 is 0 Å². The van der Waals surface area contributed by atoms with Crippen molar-refractivity contribution in [1.29, 1.82) is 0 Å². The fourth-order valence-corrected chi connectivity index (χ4v) is 4.06. The number of benzene rings is 2. The lowest BCUT2D eigenvalue weighted by molar-refractivity contribution is 0.0450. The Kier molecular flexibility index (Phi) is 6.46. The summed E-state index contributed by atoms with van der Waals surface area (Å²) in [6, 6.07) is 9.30. The molecule has 0 N–H and O–H groups in total. The summed E-state index contributed by atoms with van der Waals surface area (Å²) in [5.74, 6) is -1.12. The third-order valence-electron chi connectivity index (χ3n) is 5.10. The van der Waals surface area contributed by atoms with Crippen molar-refractivity contribution in [1.82, 2.24) is 4.90 Å². The van der Waals surface area contributed by atoms with Crippen LogP contribution in [0.3, 0.4) is 0 Å². The molecule has 9 heteroatoms. The monoisotopic (exact) mass is 463 g/mol. The quantitative estimate of drug-likeness (QED) is 0.350. The number of ether oxygens (including phenoxy) is 3. The lowest BCUT2D eigenvalue weighted by atomic mass is 10.1. The Balaban J connectivity index is 1.36. The smallest absolute Gasteiger partial charge is 0.338 e. The summed E-state index contributed by atoms with van der Waals surface area (Å²) in [5.41, 5.74) is 0.641. The van der Waals surface area contributed by atoms with E-state index in [1.54, 1.807) is 18.2 Å². The normalized spacial score (nSPS) is 17.7. The van der Waals surface area contributed by atoms with Crippen LogP contribution >= 0.6 is 23.2 Å². The highest BCUT2D eigenvalue weighted by Crippen LogP contribution is 2.32. The van der Waals surface area contributed by atoms with Crippen LogP contribution in [-0.2, 0) is 9.47 Å². The number of nitrogens with zero attached hydrogens (tertiary/aromatic N) is 1. The highest BCUT2D eigenvalue weighted by atomic mass is 35.5. The molecule has 0 radical (unpaired) electrons. The largest absolute Gasteiger partial charge is 0.487 e. The summed E-state index contributed by atoms with van der Waals surface area (Å²) in [5, 5.41) is 0.710. The Morgan fingerprint density at radius 2 is 1.81 bits per heavy atom. The summed E-state index contributed by atoms with van der Waals surface area (Å²) in [4.78, 5) is 38.8. The second-order valence-corrected chi connectivity index (χ2v) is 7.97. The van der Waals surface area contributed by atoms with Crippen molar-refractivity contribution in [3.05, 3.63) is 63.1 Å². The van der Waals surface area contributed by atoms with E-state index in [2.05, 4.69) is 0 Å². The van der Waals surface area contributed by atoms with E-state index in [1.165, 1.54) is 23.1 Å². The molecule has 31 heavy (non-hydrogen) atoms. The van der Waals surface area contributed by atoms with Gasteiger partial charge in [-0.3, -0.25) is 14.5 Å². The zero-order chi connectivity index (χ0) is 22.0. The van der Waals surface area contributed by atoms with E-state index in [1.807, 2.05) is 0 Å². The maximum absolute atomic E-state index is 12.7. The Morgan fingerprint density at radius 1 is 1.06 bits per heavy atom. The number of carbonyl (C=O) groups excluding carboxylic acids is 3. The van der Waals surface area contributed by atoms with Gasteiger partial charge in [0.1, 0.15) is 13.2 Å². The number of esters is 1. The molecule has 2 aliphatic rings. The number of rotatable bonds is 7. The SMILES string of the molecule is O=C(OCCOc1c(Cl)cccc1Cl)c1ccc2c(c1)C(=O)N(CC1CCCO1)C2=O. The number of amides is 2. The van der Waals surface area contributed by atoms with Crippen molar-refractivity contribution in [3.63, 3.8) is 0 Å². The molecule has 1 fully saturated rings. The number of hydrogen-bond acceptors (Lipinski definition) is 6. The molecule has 4 rings (SSSR count). The van der Waals surface area contributed by atoms with Crippen molar-refractivity contribution in [2.75, 3.05) is 26.4 Å². The molecule has 0 saturated carbocycles. The number of imide groups is 1. The highest BCUT2D eigenvalue weighted by Gasteiger charge is 2.38. The fraction of sp³-hybridized carbons (Fsp3) is 0.318. The molecule has 162 valence electrons. The van der Waals surface area contributed by atoms with Gasteiger partial charge in [0.25, 0.3) is 11.8 Å². The molecule has 1 unspecified atom stereocenters. The molecule has 0 aliphatic carbocycles. The molecular weight excluding hydrogens is 445 g/mol. The van der Waals surface area contributed by atoms with Crippen LogP contribution in [0.25, 0.3) is 0 Å². The molecular formula is C22H19Cl2NO6. The lowest BCUT2D eigenvalue weighted by Gasteiger charge is -2.17. The minimum atomic E-state index is -0.630. The molecule has 2 aromatic carbocycles. The topological polar surface area (TPSA) is 82.1 Å². The van der Waals surface area contributed by atoms with Crippen molar-refractivity contribution in [2.24, 2.45) is 0 Å². The summed E-state index contributed by atoms with van der Waals surface area (Å²) in [6.45, 7) is 0.854. The first-order valence-corrected chi connectivity index (χ1v) is 10.6. The van der Waals surface area contributed by atoms with E-state index in [9.17, 15) is 14.4 Å². The molecule has 2 heterocycles. The Labute approximate surface area is 188 Å². The molecule has 1 saturated heterocycles. The summed E-state index contributed by atoms with van der Waals surface area (Å²) in [7, 11) is 0. The lowest BCUT2D eigenvalue weighted by Crippen LogP contribution is -2.36. The van der Waals surface area contributed by atoms with Gasteiger partial charge in [0, 0.05) is 6.61 Å². The van der Waals surface area contributed by atoms with E-state index in [0.29, 0.717) is 22.4 Å². The fourth-order valence-electron chi connectivity index (χ4n) is 3.56. The first kappa shape index (κ1) is 21.6. The van der Waals surface area contributed by atoms with E-state index in [-0.39, 0.29) is 48.5 Å². The molecule has 7 nitrogen and oxygen atoms in total. The van der Waals surface area contributed by atoms with Gasteiger partial charge < -0.3 is 14.2 Å². The average Bonchev–Trinajstić information content (AvgIpc) is 3.35. The van der Waals surface area contributed by atoms with Gasteiger partial charge in [0.15, 0.2) is 5.75 Å². The van der Waals surface area contributed by atoms with Crippen molar-refractivity contribution >= 4 is 41.0 Å². The van der Waals surface area contributed by atoms with Gasteiger partial charge in [-0.2, -0.15) is 0 Å². The summed E-state index contributed by atoms with van der Waals surface area (Å²) >= 11 is 12.0. The van der Waals surface area contributed by atoms with Crippen LogP contribution in [0.4, 0.5) is 0 Å². The van der Waals surface area contributed by atoms with Gasteiger partial charge >= 0.3 is 5.97 Å². The first-order chi connectivity index (χ1) is 15.0. The molecule has 0 spiro atoms. The third-order valence-corrected chi connectivity index (χ3v) is 5.69. The van der Waals surface area contributed by atoms with Crippen molar-refractivity contribution < 1.29 is 28.6 Å². The van der Waals surface area contributed by atoms with Crippen molar-refractivity contribution in [2.45, 2.75) is 18.9 Å². The Hall–Kier alpha value is -2.61. The van der Waals surface area contributed by atoms with Crippen LogP contribution in [0.1, 0.15) is 43.9 Å². The number of fused-ring (bicyclic) bond motifs is 1. The maximum Gasteiger partial charge on any atom is 0.338 e. The van der Waals surface area contributed by atoms with Gasteiger partial charge in [0.2, 0.25) is 0 Å². The Morgan fingerprint density at radius 3 is 2.52 bits per heavy atom. The third kappa shape index (κ3) is 4.54. The molecule has 2 aliphatic heterocycles. The number of para-hydroxylation sites is 1. The highest BCUT2D eigenvalue weighted by molar-refractivity contribution is 6.37. The number of halogens is 2. The van der Waals surface area contributed by atoms with Crippen molar-refractivity contribution in [3.8, 4) is 5.75 Å². The van der Waals surface area contributed by atoms with E-state index in [4.69, 9.17) is 37.4 Å². The van der Waals surface area contributed by atoms with Gasteiger partial charge in [-0.15, -0.1) is 0 Å². The van der Waals surface area contributed by atoms with Crippen LogP contribution in [0.15, 0.2) is 36.4 Å². The Bertz CT molecular complexity index is 1010. The standard InChI is InChI=1S/C22H19Cl2NO6/c23-17-4-1-5-18(24)19(17)30-9-10-31-22(28)13-6-7-15-16(11-13)21(27)25(20(15)26)12-14-3-2-8-29-14/h1,4-7,11,14H,2-3,8-10,12H2. The second-order valence-electron chi connectivity index (χ2n) is 7.15. The van der Waals surface area contributed by atoms with Crippen LogP contribution in [-0.4, -0.2) is 55.2 Å². The van der Waals surface area contributed by atoms with Crippen LogP contribution in [0, 0.1) is 0 Å². The van der Waals surface area contributed by atoms with Gasteiger partial charge in [-0.25, -0.2) is 4.79 Å². The zero-order valence-corrected chi connectivity index (χ0v) is 17.9. The van der Waals surface area contributed by atoms with Gasteiger partial charge in [-0.1, -0.05) is 29.3 Å². The van der Waals surface area contributed by atoms with Crippen LogP contribution in [0.5, 0.6) is 5.75 Å². The predicted molar refractivity (Wildman–Crippen MR) is 113 cm³/mol. The molecule has 1 atom stereocenters. The van der Waals surface area contributed by atoms with Gasteiger partial charge in [0.05, 0.1) is 39.4 Å². The number of hydrogen-bond donors (Lipinski definition) is 0. The summed E-state index contributed by atoms with van der Waals surface area (Å²) < 4.78 is 16.2. The predicted octanol–water partition coefficient (Wildman–Crippen LogP) is 4.00. The average molecular weight is 464 g/mol. The van der Waals surface area contributed by atoms with Crippen LogP contribution in [0.2, 0.25) is 10.0 Å². The zero-order valence-electron chi connectivity index (χ0n) is 16.4. The van der Waals surface area contributed by atoms with Crippen LogP contribution < -0.4 is 4.74 Å². The van der Waals surface area contributed by atoms with E-state index in [0.717, 1.165) is 12.8 Å². The number of carbonyl (C=O) groups is 3. The second kappa shape index (κ2) is 9.26. The molecule has 2 aromatic rings. The van der Waals surface area contributed by atoms with E-state index < -0.39 is 11.9 Å². The summed E-state index contributed by atoms with van der Waals surface area (Å²) in [6.07, 6.45) is 1.58. The molecule has 0 bridgehead atoms. The first-order valence-electron chi connectivity index (χ1n) is 9.81. The maximum atomic E-state index is 12.7.